The number of allylic oxidation sites excluding steroid dienone is 1. The van der Waals surface area contributed by atoms with Gasteiger partial charge in [-0.1, -0.05) is 43.5 Å². The van der Waals surface area contributed by atoms with E-state index in [0.717, 1.165) is 0 Å². The van der Waals surface area contributed by atoms with E-state index in [1.165, 1.54) is 11.8 Å². The zero-order valence-corrected chi connectivity index (χ0v) is 31.0. The fourth-order valence-electron chi connectivity index (χ4n) is 7.96. The number of nitrogens with zero attached hydrogens (tertiary/aromatic N) is 2. The Morgan fingerprint density at radius 2 is 1.89 bits per heavy atom. The highest BCUT2D eigenvalue weighted by Gasteiger charge is 2.66. The number of nitrogens with one attached hydrogen (secondary N) is 4. The molecular formula is C37H44F2N6O8S. The minimum absolute atomic E-state index is 0.0490. The van der Waals surface area contributed by atoms with Crippen molar-refractivity contribution < 1.29 is 45.9 Å². The topological polar surface area (TPSA) is 197 Å². The Bertz CT molecular complexity index is 2070. The minimum atomic E-state index is -4.16. The molecule has 2 aromatic rings. The van der Waals surface area contributed by atoms with Gasteiger partial charge in [-0.3, -0.25) is 14.4 Å². The van der Waals surface area contributed by atoms with Crippen molar-refractivity contribution in [2.45, 2.75) is 119 Å². The SMILES string of the molecule is CCOC(=O)NC1CCCCCCC=C2C(=N)C2(C(=O)NS(=O)(=O)C2(C)CC2)NC(=O)C2CC3(CCc4c(c(C(F)F)nc5ccccc45)O3)CN2C1=O. The average Bonchev–Trinajstić information content (AvgIpc) is 3.97. The van der Waals surface area contributed by atoms with Crippen LogP contribution in [0, 0.1) is 5.41 Å². The van der Waals surface area contributed by atoms with Crippen LogP contribution >= 0.6 is 0 Å². The molecule has 14 nitrogen and oxygen atoms in total. The van der Waals surface area contributed by atoms with Gasteiger partial charge in [0.2, 0.25) is 21.8 Å². The lowest BCUT2D eigenvalue weighted by Gasteiger charge is -2.37. The van der Waals surface area contributed by atoms with Gasteiger partial charge in [-0.25, -0.2) is 31.7 Å². The molecule has 1 spiro atoms. The molecule has 7 rings (SSSR count). The Morgan fingerprint density at radius 1 is 1.15 bits per heavy atom. The lowest BCUT2D eigenvalue weighted by molar-refractivity contribution is -0.141. The average molecular weight is 771 g/mol. The standard InChI is InChI=1S/C37H44F2N6O8S/c1-3-52-34(49)42-25-14-8-6-4-5-7-12-23-29(40)37(23,33(48)44-54(50,51)35(2)17-18-35)43-31(46)26-19-36(20-45(26)32(25)47)16-15-22-21-11-9-10-13-24(21)41-27(30(38)39)28(22)53-36/h9-13,25-26,30,40H,3-8,14-20H2,1-2H3,(H,42,49)(H,43,46)(H,44,48). The number of carbonyl (C=O) groups excluding carboxylic acids is 4. The minimum Gasteiger partial charge on any atom is -0.483 e. The number of carbonyl (C=O) groups is 4. The van der Waals surface area contributed by atoms with Crippen molar-refractivity contribution in [3.8, 4) is 5.75 Å². The van der Waals surface area contributed by atoms with Crippen LogP contribution in [-0.4, -0.2) is 89.0 Å². The molecule has 4 atom stereocenters. The number of fused-ring (bicyclic) bond motifs is 5. The number of halogens is 2. The predicted octanol–water partition coefficient (Wildman–Crippen LogP) is 4.12. The van der Waals surface area contributed by atoms with Crippen molar-refractivity contribution in [3.05, 3.63) is 47.2 Å². The van der Waals surface area contributed by atoms with E-state index < -0.39 is 73.9 Å². The van der Waals surface area contributed by atoms with Crippen LogP contribution in [0.1, 0.15) is 95.7 Å². The molecule has 4 N–H and O–H groups in total. The van der Waals surface area contributed by atoms with Crippen LogP contribution in [0.4, 0.5) is 13.6 Å². The molecule has 2 aliphatic carbocycles. The summed E-state index contributed by atoms with van der Waals surface area (Å²) in [5.74, 6) is -2.72. The number of alkyl halides is 2. The smallest absolute Gasteiger partial charge is 0.407 e. The zero-order valence-electron chi connectivity index (χ0n) is 30.1. The second-order valence-electron chi connectivity index (χ2n) is 15.1. The van der Waals surface area contributed by atoms with Gasteiger partial charge in [0, 0.05) is 22.9 Å². The first-order valence-corrected chi connectivity index (χ1v) is 19.9. The first kappa shape index (κ1) is 37.6. The summed E-state index contributed by atoms with van der Waals surface area (Å²) in [7, 11) is -4.16. The summed E-state index contributed by atoms with van der Waals surface area (Å²) < 4.78 is 67.9. The van der Waals surface area contributed by atoms with Gasteiger partial charge in [-0.15, -0.1) is 0 Å². The van der Waals surface area contributed by atoms with Crippen LogP contribution in [0.25, 0.3) is 10.9 Å². The van der Waals surface area contributed by atoms with Gasteiger partial charge in [0.15, 0.2) is 11.3 Å². The van der Waals surface area contributed by atoms with E-state index >= 15 is 0 Å². The van der Waals surface area contributed by atoms with Crippen molar-refractivity contribution in [2.75, 3.05) is 13.2 Å². The van der Waals surface area contributed by atoms with E-state index in [0.29, 0.717) is 61.4 Å². The number of aromatic nitrogens is 1. The van der Waals surface area contributed by atoms with Crippen molar-refractivity contribution in [3.63, 3.8) is 0 Å². The van der Waals surface area contributed by atoms with Crippen molar-refractivity contribution in [2.24, 2.45) is 0 Å². The highest BCUT2D eigenvalue weighted by Crippen LogP contribution is 2.48. The molecule has 4 amide bonds. The Hall–Kier alpha value is -4.67. The number of aryl methyl sites for hydroxylation is 1. The molecule has 0 radical (unpaired) electrons. The van der Waals surface area contributed by atoms with Crippen LogP contribution in [0.15, 0.2) is 35.9 Å². The number of alkyl carbamates (subject to hydrolysis) is 1. The van der Waals surface area contributed by atoms with Crippen LogP contribution in [-0.2, 0) is 35.6 Å². The lowest BCUT2D eigenvalue weighted by atomic mass is 9.87. The van der Waals surface area contributed by atoms with E-state index in [4.69, 9.17) is 14.9 Å². The molecule has 290 valence electrons. The maximum atomic E-state index is 14.6. The highest BCUT2D eigenvalue weighted by atomic mass is 32.2. The van der Waals surface area contributed by atoms with Gasteiger partial charge in [-0.2, -0.15) is 0 Å². The summed E-state index contributed by atoms with van der Waals surface area (Å²) >= 11 is 0. The van der Waals surface area contributed by atoms with Gasteiger partial charge in [0.05, 0.1) is 29.1 Å². The van der Waals surface area contributed by atoms with Crippen molar-refractivity contribution in [1.29, 1.82) is 5.41 Å². The molecule has 2 saturated carbocycles. The van der Waals surface area contributed by atoms with E-state index in [9.17, 15) is 36.4 Å². The van der Waals surface area contributed by atoms with E-state index in [2.05, 4.69) is 20.3 Å². The lowest BCUT2D eigenvalue weighted by Crippen LogP contribution is -2.59. The maximum absolute atomic E-state index is 14.6. The molecule has 0 bridgehead atoms. The molecule has 54 heavy (non-hydrogen) atoms. The molecule has 1 aromatic carbocycles. The first-order chi connectivity index (χ1) is 25.7. The van der Waals surface area contributed by atoms with Gasteiger partial charge < -0.3 is 30.4 Å². The second-order valence-corrected chi connectivity index (χ2v) is 17.3. The largest absolute Gasteiger partial charge is 0.483 e. The Balaban J connectivity index is 1.27. The molecule has 1 saturated heterocycles. The van der Waals surface area contributed by atoms with Gasteiger partial charge in [-0.05, 0) is 64.9 Å². The summed E-state index contributed by atoms with van der Waals surface area (Å²) in [4.78, 5) is 61.1. The highest BCUT2D eigenvalue weighted by molar-refractivity contribution is 7.91. The number of rotatable bonds is 6. The fourth-order valence-corrected chi connectivity index (χ4v) is 9.24. The fraction of sp³-hybridized carbons (Fsp3) is 0.568. The van der Waals surface area contributed by atoms with E-state index in [-0.39, 0.29) is 55.9 Å². The molecule has 4 heterocycles. The molecule has 17 heteroatoms. The summed E-state index contributed by atoms with van der Waals surface area (Å²) in [6.07, 6.45) is 2.08. The van der Waals surface area contributed by atoms with Crippen LogP contribution < -0.4 is 20.1 Å². The summed E-state index contributed by atoms with van der Waals surface area (Å²) in [5.41, 5.74) is -3.22. The number of sulfonamides is 1. The summed E-state index contributed by atoms with van der Waals surface area (Å²) in [6.45, 7) is 2.94. The van der Waals surface area contributed by atoms with Crippen LogP contribution in [0.5, 0.6) is 5.75 Å². The third kappa shape index (κ3) is 6.57. The van der Waals surface area contributed by atoms with Gasteiger partial charge >= 0.3 is 6.09 Å². The monoisotopic (exact) mass is 770 g/mol. The Kier molecular flexibility index (Phi) is 9.67. The summed E-state index contributed by atoms with van der Waals surface area (Å²) in [5, 5.41) is 14.7. The second kappa shape index (κ2) is 13.9. The maximum Gasteiger partial charge on any atom is 0.407 e. The third-order valence-corrected chi connectivity index (χ3v) is 13.6. The number of hydrogen-bond acceptors (Lipinski definition) is 10. The van der Waals surface area contributed by atoms with Crippen LogP contribution in [0.2, 0.25) is 0 Å². The van der Waals surface area contributed by atoms with E-state index in [1.54, 1.807) is 37.3 Å². The number of benzene rings is 1. The van der Waals surface area contributed by atoms with Crippen molar-refractivity contribution >= 4 is 50.5 Å². The number of ether oxygens (including phenoxy) is 2. The normalized spacial score (nSPS) is 28.1. The van der Waals surface area contributed by atoms with Crippen LogP contribution in [0.3, 0.4) is 0 Å². The molecule has 3 aliphatic heterocycles. The zero-order chi connectivity index (χ0) is 38.6. The quantitative estimate of drug-likeness (QED) is 0.334. The molecule has 5 aliphatic rings. The van der Waals surface area contributed by atoms with Gasteiger partial charge in [0.25, 0.3) is 12.3 Å². The first-order valence-electron chi connectivity index (χ1n) is 18.5. The summed E-state index contributed by atoms with van der Waals surface area (Å²) in [6, 6.07) is 4.39. The van der Waals surface area contributed by atoms with Gasteiger partial charge in [0.1, 0.15) is 23.4 Å². The molecule has 1 aromatic heterocycles. The predicted molar refractivity (Wildman–Crippen MR) is 192 cm³/mol. The van der Waals surface area contributed by atoms with Crippen molar-refractivity contribution in [1.82, 2.24) is 25.2 Å². The Labute approximate surface area is 311 Å². The number of hydrogen-bond donors (Lipinski definition) is 4. The number of para-hydroxylation sites is 1. The molecule has 4 unspecified atom stereocenters. The molecular weight excluding hydrogens is 727 g/mol. The Morgan fingerprint density at radius 3 is 2.61 bits per heavy atom. The number of pyridine rings is 1. The molecule has 3 fully saturated rings. The van der Waals surface area contributed by atoms with E-state index in [1.807, 2.05) is 0 Å². The number of amides is 4. The third-order valence-electron chi connectivity index (χ3n) is 11.4.